The Morgan fingerprint density at radius 1 is 1.05 bits per heavy atom. The highest BCUT2D eigenvalue weighted by Gasteiger charge is 2.27. The van der Waals surface area contributed by atoms with E-state index in [-0.39, 0.29) is 17.0 Å². The third-order valence-corrected chi connectivity index (χ3v) is 3.91. The molecule has 0 aliphatic heterocycles. The average molecular weight is 262 g/mol. The standard InChI is InChI=1S/C15H18O4/c1-9-7-8-11(14(16)17)13(12(9)15(18)19)10-5-3-2-4-6-10/h7-8,10H,2-6H2,1H3,(H,16,17)(H,18,19). The van der Waals surface area contributed by atoms with Crippen molar-refractivity contribution in [1.29, 1.82) is 0 Å². The zero-order chi connectivity index (χ0) is 14.0. The molecule has 1 saturated carbocycles. The Hall–Kier alpha value is -1.84. The second-order valence-corrected chi connectivity index (χ2v) is 5.16. The second-order valence-electron chi connectivity index (χ2n) is 5.16. The van der Waals surface area contributed by atoms with Crippen LogP contribution in [0.4, 0.5) is 0 Å². The quantitative estimate of drug-likeness (QED) is 0.875. The Morgan fingerprint density at radius 2 is 1.68 bits per heavy atom. The van der Waals surface area contributed by atoms with Gasteiger partial charge in [0.1, 0.15) is 0 Å². The van der Waals surface area contributed by atoms with E-state index >= 15 is 0 Å². The summed E-state index contributed by atoms with van der Waals surface area (Å²) in [6.07, 6.45) is 4.98. The number of hydrogen-bond acceptors (Lipinski definition) is 2. The lowest BCUT2D eigenvalue weighted by atomic mass is 9.79. The molecular weight excluding hydrogens is 244 g/mol. The minimum atomic E-state index is -1.04. The molecule has 19 heavy (non-hydrogen) atoms. The van der Waals surface area contributed by atoms with Crippen molar-refractivity contribution in [2.75, 3.05) is 0 Å². The van der Waals surface area contributed by atoms with E-state index in [1.54, 1.807) is 13.0 Å². The first-order valence-corrected chi connectivity index (χ1v) is 6.62. The molecule has 2 N–H and O–H groups in total. The number of aryl methyl sites for hydroxylation is 1. The van der Waals surface area contributed by atoms with Crippen LogP contribution in [-0.4, -0.2) is 22.2 Å². The van der Waals surface area contributed by atoms with E-state index in [9.17, 15) is 19.8 Å². The predicted octanol–water partition coefficient (Wildman–Crippen LogP) is 3.44. The van der Waals surface area contributed by atoms with Crippen molar-refractivity contribution in [3.63, 3.8) is 0 Å². The van der Waals surface area contributed by atoms with Gasteiger partial charge in [-0.15, -0.1) is 0 Å². The van der Waals surface area contributed by atoms with Crippen LogP contribution in [0.25, 0.3) is 0 Å². The molecule has 0 aromatic heterocycles. The molecule has 0 radical (unpaired) electrons. The Kier molecular flexibility index (Phi) is 3.88. The van der Waals surface area contributed by atoms with Gasteiger partial charge in [0, 0.05) is 0 Å². The minimum absolute atomic E-state index is 0.0610. The molecule has 0 heterocycles. The number of hydrogen-bond donors (Lipinski definition) is 2. The van der Waals surface area contributed by atoms with E-state index in [2.05, 4.69) is 0 Å². The smallest absolute Gasteiger partial charge is 0.336 e. The van der Waals surface area contributed by atoms with Crippen LogP contribution in [0.2, 0.25) is 0 Å². The SMILES string of the molecule is Cc1ccc(C(=O)O)c(C2CCCCC2)c1C(=O)O. The van der Waals surface area contributed by atoms with Crippen molar-refractivity contribution in [3.05, 3.63) is 34.4 Å². The molecule has 0 amide bonds. The molecule has 0 spiro atoms. The van der Waals surface area contributed by atoms with E-state index in [4.69, 9.17) is 0 Å². The molecular formula is C15H18O4. The van der Waals surface area contributed by atoms with E-state index in [0.29, 0.717) is 11.1 Å². The Bertz CT molecular complexity index is 513. The van der Waals surface area contributed by atoms with E-state index in [1.165, 1.54) is 6.07 Å². The summed E-state index contributed by atoms with van der Waals surface area (Å²) < 4.78 is 0. The van der Waals surface area contributed by atoms with Crippen molar-refractivity contribution in [2.24, 2.45) is 0 Å². The van der Waals surface area contributed by atoms with Gasteiger partial charge in [-0.25, -0.2) is 9.59 Å². The van der Waals surface area contributed by atoms with Crippen molar-refractivity contribution in [1.82, 2.24) is 0 Å². The van der Waals surface area contributed by atoms with Gasteiger partial charge in [-0.2, -0.15) is 0 Å². The lowest BCUT2D eigenvalue weighted by Crippen LogP contribution is -2.17. The fourth-order valence-corrected chi connectivity index (χ4v) is 3.01. The van der Waals surface area contributed by atoms with Gasteiger partial charge >= 0.3 is 11.9 Å². The molecule has 1 aromatic carbocycles. The summed E-state index contributed by atoms with van der Waals surface area (Å²) in [5.74, 6) is -2.00. The summed E-state index contributed by atoms with van der Waals surface area (Å²) in [5.41, 5.74) is 1.50. The van der Waals surface area contributed by atoms with Crippen molar-refractivity contribution >= 4 is 11.9 Å². The summed E-state index contributed by atoms with van der Waals surface area (Å²) in [6.45, 7) is 1.72. The van der Waals surface area contributed by atoms with Crippen LogP contribution in [-0.2, 0) is 0 Å². The van der Waals surface area contributed by atoms with Gasteiger partial charge in [-0.05, 0) is 42.9 Å². The molecule has 4 nitrogen and oxygen atoms in total. The van der Waals surface area contributed by atoms with Gasteiger partial charge in [0.25, 0.3) is 0 Å². The normalized spacial score (nSPS) is 16.3. The van der Waals surface area contributed by atoms with E-state index in [0.717, 1.165) is 32.1 Å². The first kappa shape index (κ1) is 13.6. The van der Waals surface area contributed by atoms with Crippen LogP contribution in [0.3, 0.4) is 0 Å². The molecule has 1 aliphatic rings. The maximum atomic E-state index is 11.5. The van der Waals surface area contributed by atoms with Gasteiger partial charge in [-0.1, -0.05) is 25.3 Å². The Labute approximate surface area is 112 Å². The second kappa shape index (κ2) is 5.43. The molecule has 4 heteroatoms. The van der Waals surface area contributed by atoms with Crippen molar-refractivity contribution in [3.8, 4) is 0 Å². The topological polar surface area (TPSA) is 74.6 Å². The van der Waals surface area contributed by atoms with Gasteiger partial charge in [0.15, 0.2) is 0 Å². The zero-order valence-electron chi connectivity index (χ0n) is 11.0. The minimum Gasteiger partial charge on any atom is -0.478 e. The van der Waals surface area contributed by atoms with Crippen LogP contribution in [0.1, 0.15) is 69.9 Å². The van der Waals surface area contributed by atoms with Crippen LogP contribution in [0, 0.1) is 6.92 Å². The van der Waals surface area contributed by atoms with Gasteiger partial charge in [-0.3, -0.25) is 0 Å². The van der Waals surface area contributed by atoms with Crippen LogP contribution >= 0.6 is 0 Å². The first-order chi connectivity index (χ1) is 9.02. The third-order valence-electron chi connectivity index (χ3n) is 3.91. The number of aromatic carboxylic acids is 2. The molecule has 0 unspecified atom stereocenters. The molecule has 1 aromatic rings. The van der Waals surface area contributed by atoms with E-state index in [1.807, 2.05) is 0 Å². The Balaban J connectivity index is 2.61. The highest BCUT2D eigenvalue weighted by molar-refractivity contribution is 5.98. The summed E-state index contributed by atoms with van der Waals surface area (Å²) in [4.78, 5) is 22.8. The highest BCUT2D eigenvalue weighted by atomic mass is 16.4. The molecule has 1 fully saturated rings. The molecule has 0 bridgehead atoms. The largest absolute Gasteiger partial charge is 0.478 e. The number of carbonyl (C=O) groups is 2. The lowest BCUT2D eigenvalue weighted by Gasteiger charge is -2.25. The van der Waals surface area contributed by atoms with Crippen LogP contribution < -0.4 is 0 Å². The molecule has 2 rings (SSSR count). The summed E-state index contributed by atoms with van der Waals surface area (Å²) in [5, 5.41) is 18.7. The predicted molar refractivity (Wildman–Crippen MR) is 70.9 cm³/mol. The number of benzene rings is 1. The lowest BCUT2D eigenvalue weighted by molar-refractivity contribution is 0.0693. The molecule has 0 atom stereocenters. The van der Waals surface area contributed by atoms with Crippen molar-refractivity contribution in [2.45, 2.75) is 44.9 Å². The zero-order valence-corrected chi connectivity index (χ0v) is 11.0. The fraction of sp³-hybridized carbons (Fsp3) is 0.467. The van der Waals surface area contributed by atoms with Crippen LogP contribution in [0.15, 0.2) is 12.1 Å². The van der Waals surface area contributed by atoms with E-state index < -0.39 is 11.9 Å². The van der Waals surface area contributed by atoms with Gasteiger partial charge < -0.3 is 10.2 Å². The monoisotopic (exact) mass is 262 g/mol. The van der Waals surface area contributed by atoms with Crippen molar-refractivity contribution < 1.29 is 19.8 Å². The first-order valence-electron chi connectivity index (χ1n) is 6.62. The summed E-state index contributed by atoms with van der Waals surface area (Å²) >= 11 is 0. The van der Waals surface area contributed by atoms with Gasteiger partial charge in [0.05, 0.1) is 11.1 Å². The number of carboxylic acids is 2. The Morgan fingerprint density at radius 3 is 2.21 bits per heavy atom. The highest BCUT2D eigenvalue weighted by Crippen LogP contribution is 2.37. The maximum Gasteiger partial charge on any atom is 0.336 e. The fourth-order valence-electron chi connectivity index (χ4n) is 3.01. The maximum absolute atomic E-state index is 11.5. The van der Waals surface area contributed by atoms with Crippen LogP contribution in [0.5, 0.6) is 0 Å². The number of carboxylic acid groups (broad SMARTS) is 2. The molecule has 102 valence electrons. The number of rotatable bonds is 3. The van der Waals surface area contributed by atoms with Gasteiger partial charge in [0.2, 0.25) is 0 Å². The summed E-state index contributed by atoms with van der Waals surface area (Å²) in [7, 11) is 0. The molecule has 0 saturated heterocycles. The summed E-state index contributed by atoms with van der Waals surface area (Å²) in [6, 6.07) is 3.12. The third kappa shape index (κ3) is 2.62. The average Bonchev–Trinajstić information content (AvgIpc) is 2.38. The molecule has 1 aliphatic carbocycles.